The predicted octanol–water partition coefficient (Wildman–Crippen LogP) is 3.44. The Hall–Kier alpha value is 0.270. The molecule has 18 heavy (non-hydrogen) atoms. The van der Waals surface area contributed by atoms with Gasteiger partial charge in [-0.05, 0) is 43.1 Å². The van der Waals surface area contributed by atoms with E-state index in [9.17, 15) is 5.11 Å². The number of nitrogens with one attached hydrogen (secondary N) is 1. The van der Waals surface area contributed by atoms with Crippen molar-refractivity contribution in [3.63, 3.8) is 0 Å². The first-order valence-electron chi connectivity index (χ1n) is 7.61. The Labute approximate surface area is 117 Å². The van der Waals surface area contributed by atoms with Crippen molar-refractivity contribution in [2.24, 2.45) is 5.92 Å². The molecule has 0 aromatic rings. The van der Waals surface area contributed by atoms with Crippen LogP contribution in [0, 0.1) is 5.92 Å². The quantitative estimate of drug-likeness (QED) is 0.631. The van der Waals surface area contributed by atoms with Crippen LogP contribution in [-0.4, -0.2) is 34.8 Å². The lowest BCUT2D eigenvalue weighted by atomic mass is 9.85. The largest absolute Gasteiger partial charge is 0.394 e. The van der Waals surface area contributed by atoms with Gasteiger partial charge in [0.1, 0.15) is 0 Å². The molecular weight excluding hydrogens is 242 g/mol. The zero-order valence-electron chi connectivity index (χ0n) is 12.4. The van der Waals surface area contributed by atoms with E-state index in [1.54, 1.807) is 0 Å². The molecule has 3 heteroatoms. The Kier molecular flexibility index (Phi) is 7.66. The molecule has 1 saturated carbocycles. The van der Waals surface area contributed by atoms with Gasteiger partial charge in [0.15, 0.2) is 0 Å². The van der Waals surface area contributed by atoms with Gasteiger partial charge in [0.25, 0.3) is 0 Å². The summed E-state index contributed by atoms with van der Waals surface area (Å²) in [6, 6.07) is 0.463. The number of hydrogen-bond donors (Lipinski definition) is 2. The van der Waals surface area contributed by atoms with Crippen LogP contribution >= 0.6 is 11.8 Å². The Morgan fingerprint density at radius 1 is 1.39 bits per heavy atom. The minimum absolute atomic E-state index is 0.0134. The van der Waals surface area contributed by atoms with Crippen molar-refractivity contribution < 1.29 is 5.11 Å². The number of thioether (sulfide) groups is 1. The third-order valence-electron chi connectivity index (χ3n) is 4.07. The van der Waals surface area contributed by atoms with Crippen LogP contribution in [0.3, 0.4) is 0 Å². The highest BCUT2D eigenvalue weighted by Gasteiger charge is 2.41. The zero-order chi connectivity index (χ0) is 13.4. The molecule has 0 aromatic heterocycles. The maximum atomic E-state index is 9.81. The minimum atomic E-state index is 0.0134. The molecule has 0 saturated heterocycles. The maximum absolute atomic E-state index is 9.81. The second-order valence-corrected chi connectivity index (χ2v) is 7.18. The van der Waals surface area contributed by atoms with E-state index in [4.69, 9.17) is 0 Å². The molecule has 0 aliphatic heterocycles. The van der Waals surface area contributed by atoms with E-state index in [1.807, 2.05) is 0 Å². The molecule has 2 atom stereocenters. The van der Waals surface area contributed by atoms with Crippen molar-refractivity contribution in [1.82, 2.24) is 5.32 Å². The molecule has 2 nitrogen and oxygen atoms in total. The fourth-order valence-corrected chi connectivity index (χ4v) is 4.31. The summed E-state index contributed by atoms with van der Waals surface area (Å²) in [6.45, 7) is 6.92. The van der Waals surface area contributed by atoms with E-state index in [0.717, 1.165) is 6.42 Å². The van der Waals surface area contributed by atoms with Gasteiger partial charge in [-0.3, -0.25) is 0 Å². The first-order valence-corrected chi connectivity index (χ1v) is 8.76. The van der Waals surface area contributed by atoms with Crippen LogP contribution in [0.5, 0.6) is 0 Å². The van der Waals surface area contributed by atoms with Gasteiger partial charge in [-0.15, -0.1) is 0 Å². The zero-order valence-corrected chi connectivity index (χ0v) is 13.2. The molecule has 108 valence electrons. The Balaban J connectivity index is 2.37. The molecule has 0 heterocycles. The van der Waals surface area contributed by atoms with E-state index in [-0.39, 0.29) is 5.54 Å². The maximum Gasteiger partial charge on any atom is 0.0616 e. The molecule has 1 aliphatic carbocycles. The molecule has 1 fully saturated rings. The van der Waals surface area contributed by atoms with E-state index in [0.29, 0.717) is 18.6 Å². The Morgan fingerprint density at radius 3 is 2.78 bits per heavy atom. The van der Waals surface area contributed by atoms with Crippen LogP contribution < -0.4 is 5.32 Å². The average molecular weight is 273 g/mol. The highest BCUT2D eigenvalue weighted by atomic mass is 32.2. The molecule has 0 bridgehead atoms. The van der Waals surface area contributed by atoms with E-state index < -0.39 is 0 Å². The van der Waals surface area contributed by atoms with Crippen LogP contribution in [0.2, 0.25) is 0 Å². The average Bonchev–Trinajstić information content (AvgIpc) is 2.72. The smallest absolute Gasteiger partial charge is 0.0616 e. The van der Waals surface area contributed by atoms with Gasteiger partial charge in [-0.2, -0.15) is 11.8 Å². The summed E-state index contributed by atoms with van der Waals surface area (Å²) in [5, 5.41) is 13.5. The van der Waals surface area contributed by atoms with Gasteiger partial charge in [-0.1, -0.05) is 33.6 Å². The van der Waals surface area contributed by atoms with E-state index in [2.05, 4.69) is 37.8 Å². The van der Waals surface area contributed by atoms with Gasteiger partial charge in [0, 0.05) is 11.6 Å². The van der Waals surface area contributed by atoms with Crippen molar-refractivity contribution in [2.45, 2.75) is 70.9 Å². The summed E-state index contributed by atoms with van der Waals surface area (Å²) in [5.41, 5.74) is 0.0134. The molecule has 0 aromatic carbocycles. The molecule has 0 radical (unpaired) electrons. The third kappa shape index (κ3) is 4.75. The molecule has 0 amide bonds. The van der Waals surface area contributed by atoms with Gasteiger partial charge < -0.3 is 10.4 Å². The first-order chi connectivity index (χ1) is 8.64. The van der Waals surface area contributed by atoms with Crippen LogP contribution in [0.25, 0.3) is 0 Å². The number of hydrogen-bond acceptors (Lipinski definition) is 3. The summed E-state index contributed by atoms with van der Waals surface area (Å²) in [4.78, 5) is 0. The van der Waals surface area contributed by atoms with Crippen molar-refractivity contribution in [3.8, 4) is 0 Å². The van der Waals surface area contributed by atoms with Gasteiger partial charge in [0.2, 0.25) is 0 Å². The molecule has 1 aliphatic rings. The standard InChI is InChI=1S/C15H31NOS/c1-4-5-10-18-11-8-14-7-6-9-15(14,12-17)16-13(2)3/h13-14,16-17H,4-12H2,1-3H3. The van der Waals surface area contributed by atoms with Crippen LogP contribution in [0.4, 0.5) is 0 Å². The monoisotopic (exact) mass is 273 g/mol. The van der Waals surface area contributed by atoms with Gasteiger partial charge >= 0.3 is 0 Å². The molecule has 2 unspecified atom stereocenters. The normalized spacial score (nSPS) is 28.2. The van der Waals surface area contributed by atoms with Crippen LogP contribution in [-0.2, 0) is 0 Å². The summed E-state index contributed by atoms with van der Waals surface area (Å²) < 4.78 is 0. The van der Waals surface area contributed by atoms with Crippen molar-refractivity contribution in [3.05, 3.63) is 0 Å². The summed E-state index contributed by atoms with van der Waals surface area (Å²) in [5.74, 6) is 3.22. The Bertz CT molecular complexity index is 223. The highest BCUT2D eigenvalue weighted by molar-refractivity contribution is 7.99. The van der Waals surface area contributed by atoms with Gasteiger partial charge in [-0.25, -0.2) is 0 Å². The molecule has 2 N–H and O–H groups in total. The van der Waals surface area contributed by atoms with Crippen LogP contribution in [0.15, 0.2) is 0 Å². The number of rotatable bonds is 9. The lowest BCUT2D eigenvalue weighted by Gasteiger charge is -2.37. The SMILES string of the molecule is CCCCSCCC1CCCC1(CO)NC(C)C. The van der Waals surface area contributed by atoms with E-state index in [1.165, 1.54) is 43.6 Å². The lowest BCUT2D eigenvalue weighted by Crippen LogP contribution is -2.54. The van der Waals surface area contributed by atoms with Crippen molar-refractivity contribution in [1.29, 1.82) is 0 Å². The van der Waals surface area contributed by atoms with Gasteiger partial charge in [0.05, 0.1) is 6.61 Å². The number of unbranched alkanes of at least 4 members (excludes halogenated alkanes) is 1. The number of aliphatic hydroxyl groups excluding tert-OH is 1. The highest BCUT2D eigenvalue weighted by Crippen LogP contribution is 2.38. The van der Waals surface area contributed by atoms with Crippen molar-refractivity contribution >= 4 is 11.8 Å². The second kappa shape index (κ2) is 8.44. The van der Waals surface area contributed by atoms with E-state index >= 15 is 0 Å². The summed E-state index contributed by atoms with van der Waals surface area (Å²) in [6.07, 6.45) is 7.59. The topological polar surface area (TPSA) is 32.3 Å². The third-order valence-corrected chi connectivity index (χ3v) is 5.17. The fourth-order valence-electron chi connectivity index (χ4n) is 3.16. The first kappa shape index (κ1) is 16.3. The summed E-state index contributed by atoms with van der Waals surface area (Å²) in [7, 11) is 0. The molecular formula is C15H31NOS. The van der Waals surface area contributed by atoms with Crippen LogP contribution in [0.1, 0.15) is 59.3 Å². The number of aliphatic hydroxyl groups is 1. The Morgan fingerprint density at radius 2 is 2.17 bits per heavy atom. The molecule has 0 spiro atoms. The predicted molar refractivity (Wildman–Crippen MR) is 82.3 cm³/mol. The van der Waals surface area contributed by atoms with Crippen molar-refractivity contribution in [2.75, 3.05) is 18.1 Å². The second-order valence-electron chi connectivity index (χ2n) is 5.96. The fraction of sp³-hybridized carbons (Fsp3) is 1.00. The summed E-state index contributed by atoms with van der Waals surface area (Å²) >= 11 is 2.09. The minimum Gasteiger partial charge on any atom is -0.394 e. The lowest BCUT2D eigenvalue weighted by molar-refractivity contribution is 0.113. The molecule has 1 rings (SSSR count).